The van der Waals surface area contributed by atoms with Gasteiger partial charge in [0.05, 0.1) is 5.41 Å². The van der Waals surface area contributed by atoms with Crippen molar-refractivity contribution in [1.82, 2.24) is 5.43 Å². The second-order valence-corrected chi connectivity index (χ2v) is 4.72. The second-order valence-electron chi connectivity index (χ2n) is 4.72. The van der Waals surface area contributed by atoms with Gasteiger partial charge in [0, 0.05) is 19.3 Å². The van der Waals surface area contributed by atoms with Crippen molar-refractivity contribution in [3.63, 3.8) is 0 Å². The summed E-state index contributed by atoms with van der Waals surface area (Å²) in [5.41, 5.74) is 5.36. The molecule has 1 aromatic carbocycles. The fraction of sp³-hybridized carbons (Fsp3) is 0.417. The zero-order chi connectivity index (χ0) is 11.9. The average Bonchev–Trinajstić information content (AvgIpc) is 2.42. The summed E-state index contributed by atoms with van der Waals surface area (Å²) < 4.78 is 0. The van der Waals surface area contributed by atoms with Crippen molar-refractivity contribution in [1.29, 1.82) is 0 Å². The number of carbonyl (C=O) groups is 1. The second kappa shape index (κ2) is 3.57. The molecule has 86 valence electrons. The van der Waals surface area contributed by atoms with Gasteiger partial charge in [0.25, 0.3) is 0 Å². The maximum Gasteiger partial charge on any atom is 0.236 e. The molecule has 1 aliphatic rings. The first-order valence-corrected chi connectivity index (χ1v) is 5.33. The number of nitrogens with one attached hydrogen (secondary N) is 1. The number of anilines is 1. The fourth-order valence-corrected chi connectivity index (χ4v) is 2.25. The van der Waals surface area contributed by atoms with Gasteiger partial charge < -0.3 is 4.90 Å². The van der Waals surface area contributed by atoms with Gasteiger partial charge in [-0.3, -0.25) is 16.1 Å². The topological polar surface area (TPSA) is 58.4 Å². The Balaban J connectivity index is 2.52. The maximum absolute atomic E-state index is 12.0. The summed E-state index contributed by atoms with van der Waals surface area (Å²) in [6.45, 7) is 4.52. The molecular formula is C12H17N3O. The molecule has 0 fully saturated rings. The molecule has 0 aliphatic carbocycles. The highest BCUT2D eigenvalue weighted by Crippen LogP contribution is 2.40. The van der Waals surface area contributed by atoms with E-state index in [1.54, 1.807) is 4.90 Å². The molecule has 0 unspecified atom stereocenters. The minimum absolute atomic E-state index is 0.139. The molecule has 4 nitrogen and oxygen atoms in total. The first-order valence-electron chi connectivity index (χ1n) is 5.33. The van der Waals surface area contributed by atoms with Gasteiger partial charge in [0.1, 0.15) is 0 Å². The van der Waals surface area contributed by atoms with E-state index >= 15 is 0 Å². The number of hydrazine groups is 1. The van der Waals surface area contributed by atoms with Crippen LogP contribution in [0.3, 0.4) is 0 Å². The van der Waals surface area contributed by atoms with E-state index in [0.29, 0.717) is 6.54 Å². The standard InChI is InChI=1S/C12H17N3O/c1-12(2)9-6-8(7-14-13)4-5-10(9)15(3)11(12)16/h4-6,14H,7,13H2,1-3H3. The molecule has 0 saturated heterocycles. The molecule has 0 bridgehead atoms. The molecular weight excluding hydrogens is 202 g/mol. The smallest absolute Gasteiger partial charge is 0.236 e. The Morgan fingerprint density at radius 3 is 2.75 bits per heavy atom. The number of likely N-dealkylation sites (N-methyl/N-ethyl adjacent to an activating group) is 1. The Bertz CT molecular complexity index is 440. The highest BCUT2D eigenvalue weighted by atomic mass is 16.2. The number of rotatable bonds is 2. The fourth-order valence-electron chi connectivity index (χ4n) is 2.25. The lowest BCUT2D eigenvalue weighted by atomic mass is 9.85. The minimum atomic E-state index is -0.436. The Morgan fingerprint density at radius 2 is 2.12 bits per heavy atom. The third-order valence-corrected chi connectivity index (χ3v) is 3.24. The molecule has 1 heterocycles. The Kier molecular flexibility index (Phi) is 2.48. The van der Waals surface area contributed by atoms with Crippen LogP contribution in [0.5, 0.6) is 0 Å². The summed E-state index contributed by atoms with van der Waals surface area (Å²) in [6.07, 6.45) is 0. The first kappa shape index (κ1) is 11.1. The maximum atomic E-state index is 12.0. The van der Waals surface area contributed by atoms with Crippen LogP contribution in [0.4, 0.5) is 5.69 Å². The van der Waals surface area contributed by atoms with Gasteiger partial charge in [0.2, 0.25) is 5.91 Å². The third kappa shape index (κ3) is 1.42. The molecule has 1 amide bonds. The number of benzene rings is 1. The van der Waals surface area contributed by atoms with Crippen LogP contribution in [-0.2, 0) is 16.8 Å². The summed E-state index contributed by atoms with van der Waals surface area (Å²) in [5, 5.41) is 0. The Labute approximate surface area is 95.4 Å². The van der Waals surface area contributed by atoms with E-state index in [0.717, 1.165) is 16.8 Å². The van der Waals surface area contributed by atoms with E-state index in [-0.39, 0.29) is 5.91 Å². The van der Waals surface area contributed by atoms with Crippen molar-refractivity contribution < 1.29 is 4.79 Å². The number of hydrogen-bond acceptors (Lipinski definition) is 3. The molecule has 1 aromatic rings. The molecule has 4 heteroatoms. The monoisotopic (exact) mass is 219 g/mol. The van der Waals surface area contributed by atoms with Crippen LogP contribution >= 0.6 is 0 Å². The van der Waals surface area contributed by atoms with E-state index in [4.69, 9.17) is 5.84 Å². The third-order valence-electron chi connectivity index (χ3n) is 3.24. The van der Waals surface area contributed by atoms with E-state index in [2.05, 4.69) is 11.5 Å². The zero-order valence-electron chi connectivity index (χ0n) is 9.87. The first-order chi connectivity index (χ1) is 7.48. The SMILES string of the molecule is CN1C(=O)C(C)(C)c2cc(CNN)ccc21. The van der Waals surface area contributed by atoms with Crippen molar-refractivity contribution in [2.45, 2.75) is 25.8 Å². The zero-order valence-corrected chi connectivity index (χ0v) is 9.87. The molecule has 0 atom stereocenters. The number of nitrogens with two attached hydrogens (primary N) is 1. The summed E-state index contributed by atoms with van der Waals surface area (Å²) in [6, 6.07) is 6.02. The summed E-state index contributed by atoms with van der Waals surface area (Å²) in [5.74, 6) is 5.44. The van der Waals surface area contributed by atoms with Crippen molar-refractivity contribution in [2.75, 3.05) is 11.9 Å². The van der Waals surface area contributed by atoms with Crippen LogP contribution in [0.2, 0.25) is 0 Å². The molecule has 0 spiro atoms. The predicted octanol–water partition coefficient (Wildman–Crippen LogP) is 0.904. The largest absolute Gasteiger partial charge is 0.314 e. The van der Waals surface area contributed by atoms with Gasteiger partial charge >= 0.3 is 0 Å². The van der Waals surface area contributed by atoms with E-state index < -0.39 is 5.41 Å². The predicted molar refractivity (Wildman–Crippen MR) is 63.9 cm³/mol. The van der Waals surface area contributed by atoms with Gasteiger partial charge in [0.15, 0.2) is 0 Å². The van der Waals surface area contributed by atoms with E-state index in [1.807, 2.05) is 33.0 Å². The number of hydrogen-bond donors (Lipinski definition) is 2. The van der Waals surface area contributed by atoms with Gasteiger partial charge in [-0.1, -0.05) is 12.1 Å². The Hall–Kier alpha value is -1.39. The lowest BCUT2D eigenvalue weighted by Crippen LogP contribution is -2.33. The van der Waals surface area contributed by atoms with Gasteiger partial charge in [-0.15, -0.1) is 0 Å². The van der Waals surface area contributed by atoms with Crippen molar-refractivity contribution in [3.8, 4) is 0 Å². The van der Waals surface area contributed by atoms with Gasteiger partial charge in [-0.05, 0) is 31.0 Å². The van der Waals surface area contributed by atoms with Crippen LogP contribution in [0.15, 0.2) is 18.2 Å². The molecule has 0 saturated carbocycles. The average molecular weight is 219 g/mol. The van der Waals surface area contributed by atoms with Crippen LogP contribution in [0.25, 0.3) is 0 Å². The van der Waals surface area contributed by atoms with Crippen LogP contribution in [-0.4, -0.2) is 13.0 Å². The van der Waals surface area contributed by atoms with Crippen molar-refractivity contribution >= 4 is 11.6 Å². The number of nitrogens with zero attached hydrogens (tertiary/aromatic N) is 1. The number of amides is 1. The quantitative estimate of drug-likeness (QED) is 0.574. The highest BCUT2D eigenvalue weighted by Gasteiger charge is 2.41. The highest BCUT2D eigenvalue weighted by molar-refractivity contribution is 6.07. The molecule has 16 heavy (non-hydrogen) atoms. The molecule has 2 rings (SSSR count). The lowest BCUT2D eigenvalue weighted by molar-refractivity contribution is -0.121. The molecule has 0 aromatic heterocycles. The molecule has 1 aliphatic heterocycles. The number of fused-ring (bicyclic) bond motifs is 1. The van der Waals surface area contributed by atoms with E-state index in [9.17, 15) is 4.79 Å². The van der Waals surface area contributed by atoms with Gasteiger partial charge in [-0.25, -0.2) is 0 Å². The lowest BCUT2D eigenvalue weighted by Gasteiger charge is -2.16. The van der Waals surface area contributed by atoms with Crippen LogP contribution in [0.1, 0.15) is 25.0 Å². The summed E-state index contributed by atoms with van der Waals surface area (Å²) in [7, 11) is 1.82. The van der Waals surface area contributed by atoms with Crippen molar-refractivity contribution in [3.05, 3.63) is 29.3 Å². The molecule has 0 radical (unpaired) electrons. The van der Waals surface area contributed by atoms with E-state index in [1.165, 1.54) is 0 Å². The van der Waals surface area contributed by atoms with Gasteiger partial charge in [-0.2, -0.15) is 0 Å². The van der Waals surface area contributed by atoms with Crippen LogP contribution in [0, 0.1) is 0 Å². The number of carbonyl (C=O) groups excluding carboxylic acids is 1. The summed E-state index contributed by atoms with van der Waals surface area (Å²) >= 11 is 0. The van der Waals surface area contributed by atoms with Crippen LogP contribution < -0.4 is 16.2 Å². The summed E-state index contributed by atoms with van der Waals surface area (Å²) in [4.78, 5) is 13.8. The normalized spacial score (nSPS) is 17.8. The Morgan fingerprint density at radius 1 is 1.44 bits per heavy atom. The minimum Gasteiger partial charge on any atom is -0.314 e. The van der Waals surface area contributed by atoms with Crippen molar-refractivity contribution in [2.24, 2.45) is 5.84 Å². The molecule has 3 N–H and O–H groups in total.